The predicted octanol–water partition coefficient (Wildman–Crippen LogP) is 3.95. The fourth-order valence-electron chi connectivity index (χ4n) is 4.61. The Bertz CT molecular complexity index is 641. The van der Waals surface area contributed by atoms with Gasteiger partial charge in [0, 0.05) is 12.6 Å². The minimum absolute atomic E-state index is 0.508. The predicted molar refractivity (Wildman–Crippen MR) is 92.9 cm³/mol. The van der Waals surface area contributed by atoms with Gasteiger partial charge in [-0.2, -0.15) is 0 Å². The normalized spacial score (nSPS) is 31.0. The van der Waals surface area contributed by atoms with Crippen molar-refractivity contribution in [2.75, 3.05) is 6.54 Å². The molecule has 3 unspecified atom stereocenters. The molecular formula is C21H25NO. The average molecular weight is 307 g/mol. The van der Waals surface area contributed by atoms with Crippen LogP contribution in [0.3, 0.4) is 0 Å². The van der Waals surface area contributed by atoms with Crippen LogP contribution in [0, 0.1) is 5.92 Å². The maximum Gasteiger partial charge on any atom is 0.0914 e. The van der Waals surface area contributed by atoms with E-state index in [1.54, 1.807) is 0 Å². The van der Waals surface area contributed by atoms with E-state index in [1.165, 1.54) is 18.4 Å². The van der Waals surface area contributed by atoms with Gasteiger partial charge in [0.2, 0.25) is 0 Å². The highest BCUT2D eigenvalue weighted by Gasteiger charge is 2.48. The molecule has 2 aromatic carbocycles. The van der Waals surface area contributed by atoms with Crippen molar-refractivity contribution < 1.29 is 5.11 Å². The molecule has 23 heavy (non-hydrogen) atoms. The Morgan fingerprint density at radius 3 is 2.39 bits per heavy atom. The molecule has 0 bridgehead atoms. The topological polar surface area (TPSA) is 23.5 Å². The van der Waals surface area contributed by atoms with Crippen molar-refractivity contribution in [2.45, 2.75) is 43.9 Å². The molecule has 0 radical (unpaired) electrons. The quantitative estimate of drug-likeness (QED) is 0.928. The lowest BCUT2D eigenvalue weighted by Crippen LogP contribution is -2.42. The van der Waals surface area contributed by atoms with Gasteiger partial charge in [0.15, 0.2) is 0 Å². The number of nitrogens with zero attached hydrogens (tertiary/aromatic N) is 1. The number of hydrogen-bond acceptors (Lipinski definition) is 2. The van der Waals surface area contributed by atoms with Gasteiger partial charge in [0.1, 0.15) is 0 Å². The molecule has 2 aliphatic rings. The minimum atomic E-state index is -0.643. The van der Waals surface area contributed by atoms with E-state index in [4.69, 9.17) is 0 Å². The summed E-state index contributed by atoms with van der Waals surface area (Å²) >= 11 is 0. The zero-order valence-corrected chi connectivity index (χ0v) is 13.6. The molecule has 2 nitrogen and oxygen atoms in total. The summed E-state index contributed by atoms with van der Waals surface area (Å²) in [6.45, 7) is 2.16. The van der Waals surface area contributed by atoms with Crippen LogP contribution in [0.1, 0.15) is 36.8 Å². The molecule has 0 amide bonds. The number of piperidine rings is 1. The average Bonchev–Trinajstić information content (AvgIpc) is 2.96. The number of fused-ring (bicyclic) bond motifs is 1. The Hall–Kier alpha value is -1.64. The van der Waals surface area contributed by atoms with Gasteiger partial charge < -0.3 is 5.11 Å². The summed E-state index contributed by atoms with van der Waals surface area (Å²) in [6.07, 6.45) is 4.28. The van der Waals surface area contributed by atoms with Gasteiger partial charge in [-0.05, 0) is 49.3 Å². The highest BCUT2D eigenvalue weighted by molar-refractivity contribution is 5.25. The van der Waals surface area contributed by atoms with Crippen molar-refractivity contribution in [3.63, 3.8) is 0 Å². The zero-order valence-electron chi connectivity index (χ0n) is 13.6. The van der Waals surface area contributed by atoms with Crippen molar-refractivity contribution in [1.29, 1.82) is 0 Å². The SMILES string of the molecule is OC1(c2ccccc2)CC2CCCN(Cc3ccccc3)C2C1. The van der Waals surface area contributed by atoms with Gasteiger partial charge in [0.05, 0.1) is 5.60 Å². The van der Waals surface area contributed by atoms with E-state index >= 15 is 0 Å². The van der Waals surface area contributed by atoms with Crippen LogP contribution in [0.5, 0.6) is 0 Å². The third-order valence-electron chi connectivity index (χ3n) is 5.72. The van der Waals surface area contributed by atoms with Crippen molar-refractivity contribution in [3.05, 3.63) is 71.8 Å². The van der Waals surface area contributed by atoms with E-state index in [0.29, 0.717) is 12.0 Å². The monoisotopic (exact) mass is 307 g/mol. The number of rotatable bonds is 3. The first kappa shape index (κ1) is 14.9. The molecule has 2 heteroatoms. The maximum absolute atomic E-state index is 11.3. The summed E-state index contributed by atoms with van der Waals surface area (Å²) in [5, 5.41) is 11.3. The fraction of sp³-hybridized carbons (Fsp3) is 0.429. The second-order valence-corrected chi connectivity index (χ2v) is 7.23. The first-order valence-corrected chi connectivity index (χ1v) is 8.80. The molecule has 1 N–H and O–H groups in total. The molecule has 2 aromatic rings. The van der Waals surface area contributed by atoms with Gasteiger partial charge in [-0.25, -0.2) is 0 Å². The molecular weight excluding hydrogens is 282 g/mol. The first-order chi connectivity index (χ1) is 11.2. The molecule has 4 rings (SSSR count). The lowest BCUT2D eigenvalue weighted by atomic mass is 9.89. The van der Waals surface area contributed by atoms with Crippen molar-refractivity contribution >= 4 is 0 Å². The second-order valence-electron chi connectivity index (χ2n) is 7.23. The molecule has 3 atom stereocenters. The van der Waals surface area contributed by atoms with Crippen LogP contribution in [0.15, 0.2) is 60.7 Å². The van der Waals surface area contributed by atoms with Gasteiger partial charge in [-0.1, -0.05) is 60.7 Å². The van der Waals surface area contributed by atoms with Gasteiger partial charge >= 0.3 is 0 Å². The Morgan fingerprint density at radius 2 is 1.65 bits per heavy atom. The highest BCUT2D eigenvalue weighted by Crippen LogP contribution is 2.47. The Kier molecular flexibility index (Phi) is 3.96. The standard InChI is InChI=1S/C21H25NO/c23-21(19-11-5-2-6-12-19)14-18-10-7-13-22(20(18)15-21)16-17-8-3-1-4-9-17/h1-6,8-9,11-12,18,20,23H,7,10,13-16H2. The summed E-state index contributed by atoms with van der Waals surface area (Å²) in [5.41, 5.74) is 1.83. The van der Waals surface area contributed by atoms with Crippen LogP contribution in [-0.2, 0) is 12.1 Å². The van der Waals surface area contributed by atoms with Crippen LogP contribution >= 0.6 is 0 Å². The van der Waals surface area contributed by atoms with Crippen LogP contribution < -0.4 is 0 Å². The number of hydrogen-bond donors (Lipinski definition) is 1. The largest absolute Gasteiger partial charge is 0.385 e. The Labute approximate surface area is 138 Å². The van der Waals surface area contributed by atoms with Gasteiger partial charge in [-0.3, -0.25) is 4.90 Å². The smallest absolute Gasteiger partial charge is 0.0914 e. The molecule has 0 spiro atoms. The minimum Gasteiger partial charge on any atom is -0.385 e. The number of benzene rings is 2. The first-order valence-electron chi connectivity index (χ1n) is 8.80. The van der Waals surface area contributed by atoms with Crippen molar-refractivity contribution in [1.82, 2.24) is 4.90 Å². The molecule has 1 saturated heterocycles. The fourth-order valence-corrected chi connectivity index (χ4v) is 4.61. The Morgan fingerprint density at radius 1 is 0.957 bits per heavy atom. The molecule has 120 valence electrons. The maximum atomic E-state index is 11.3. The number of aliphatic hydroxyl groups is 1. The van der Waals surface area contributed by atoms with E-state index in [9.17, 15) is 5.11 Å². The van der Waals surface area contributed by atoms with Crippen molar-refractivity contribution in [2.24, 2.45) is 5.92 Å². The summed E-state index contributed by atoms with van der Waals surface area (Å²) in [5.74, 6) is 0.623. The van der Waals surface area contributed by atoms with Crippen molar-refractivity contribution in [3.8, 4) is 0 Å². The van der Waals surface area contributed by atoms with E-state index in [-0.39, 0.29) is 0 Å². The van der Waals surface area contributed by atoms with Crippen LogP contribution in [-0.4, -0.2) is 22.6 Å². The third kappa shape index (κ3) is 2.93. The zero-order chi connectivity index (χ0) is 15.7. The third-order valence-corrected chi connectivity index (χ3v) is 5.72. The summed E-state index contributed by atoms with van der Waals surface area (Å²) in [7, 11) is 0. The van der Waals surface area contributed by atoms with E-state index in [1.807, 2.05) is 18.2 Å². The molecule has 1 saturated carbocycles. The van der Waals surface area contributed by atoms with Crippen LogP contribution in [0.2, 0.25) is 0 Å². The lowest BCUT2D eigenvalue weighted by molar-refractivity contribution is 0.0337. The number of likely N-dealkylation sites (tertiary alicyclic amines) is 1. The molecule has 1 aliphatic carbocycles. The summed E-state index contributed by atoms with van der Waals surface area (Å²) in [6, 6.07) is 21.5. The Balaban J connectivity index is 1.55. The van der Waals surface area contributed by atoms with E-state index < -0.39 is 5.60 Å². The van der Waals surface area contributed by atoms with Gasteiger partial charge in [-0.15, -0.1) is 0 Å². The van der Waals surface area contributed by atoms with E-state index in [0.717, 1.165) is 31.5 Å². The second kappa shape index (κ2) is 6.10. The lowest BCUT2D eigenvalue weighted by Gasteiger charge is -2.37. The summed E-state index contributed by atoms with van der Waals surface area (Å²) in [4.78, 5) is 2.60. The molecule has 2 fully saturated rings. The molecule has 0 aromatic heterocycles. The van der Waals surface area contributed by atoms with Gasteiger partial charge in [0.25, 0.3) is 0 Å². The van der Waals surface area contributed by atoms with E-state index in [2.05, 4.69) is 47.4 Å². The molecule has 1 aliphatic heterocycles. The highest BCUT2D eigenvalue weighted by atomic mass is 16.3. The molecule has 1 heterocycles. The van der Waals surface area contributed by atoms with Crippen LogP contribution in [0.25, 0.3) is 0 Å². The van der Waals surface area contributed by atoms with Crippen LogP contribution in [0.4, 0.5) is 0 Å². The summed E-state index contributed by atoms with van der Waals surface area (Å²) < 4.78 is 0.